The van der Waals surface area contributed by atoms with Crippen LogP contribution in [0.5, 0.6) is 0 Å². The third kappa shape index (κ3) is 4.01. The zero-order chi connectivity index (χ0) is 11.1. The van der Waals surface area contributed by atoms with E-state index in [9.17, 15) is 0 Å². The van der Waals surface area contributed by atoms with Gasteiger partial charge >= 0.3 is 0 Å². The average molecular weight is 226 g/mol. The van der Waals surface area contributed by atoms with Gasteiger partial charge in [-0.15, -0.1) is 0 Å². The maximum absolute atomic E-state index is 3.69. The van der Waals surface area contributed by atoms with Crippen molar-refractivity contribution in [3.05, 3.63) is 0 Å². The van der Waals surface area contributed by atoms with Gasteiger partial charge in [0, 0.05) is 51.4 Å². The molecule has 1 heterocycles. The minimum Gasteiger partial charge on any atom is -0.314 e. The fourth-order valence-corrected chi connectivity index (χ4v) is 2.74. The first-order valence-electron chi connectivity index (χ1n) is 6.85. The summed E-state index contributed by atoms with van der Waals surface area (Å²) in [6.07, 6.45) is 5.46. The molecule has 0 bridgehead atoms. The van der Waals surface area contributed by atoms with Crippen molar-refractivity contribution in [2.24, 2.45) is 0 Å². The van der Waals surface area contributed by atoms with Gasteiger partial charge in [-0.05, 0) is 12.8 Å². The summed E-state index contributed by atoms with van der Waals surface area (Å²) in [7, 11) is 0. The first-order valence-corrected chi connectivity index (χ1v) is 6.85. The normalized spacial score (nSPS) is 34.5. The second-order valence-electron chi connectivity index (χ2n) is 4.91. The topological polar surface area (TPSA) is 48.1 Å². The van der Waals surface area contributed by atoms with E-state index in [1.165, 1.54) is 25.7 Å². The molecular weight excluding hydrogens is 200 g/mol. The quantitative estimate of drug-likeness (QED) is 0.457. The maximum Gasteiger partial charge on any atom is 0.0221 e. The highest BCUT2D eigenvalue weighted by Gasteiger charge is 2.23. The first-order chi connectivity index (χ1) is 7.97. The lowest BCUT2D eigenvalue weighted by molar-refractivity contribution is 0.282. The third-order valence-corrected chi connectivity index (χ3v) is 3.66. The molecule has 0 aromatic heterocycles. The van der Waals surface area contributed by atoms with Crippen LogP contribution in [0.25, 0.3) is 0 Å². The van der Waals surface area contributed by atoms with Crippen LogP contribution in [0.3, 0.4) is 0 Å². The van der Waals surface area contributed by atoms with Gasteiger partial charge in [-0.2, -0.15) is 0 Å². The Balaban J connectivity index is 1.79. The summed E-state index contributed by atoms with van der Waals surface area (Å²) in [4.78, 5) is 0. The molecule has 0 aromatic rings. The zero-order valence-corrected chi connectivity index (χ0v) is 10.2. The Labute approximate surface area is 98.9 Å². The van der Waals surface area contributed by atoms with Gasteiger partial charge in [0.1, 0.15) is 0 Å². The Hall–Kier alpha value is -0.160. The summed E-state index contributed by atoms with van der Waals surface area (Å²) >= 11 is 0. The fourth-order valence-electron chi connectivity index (χ4n) is 2.74. The molecule has 0 spiro atoms. The molecule has 0 unspecified atom stereocenters. The molecule has 4 heteroatoms. The van der Waals surface area contributed by atoms with Crippen LogP contribution in [-0.4, -0.2) is 51.4 Å². The van der Waals surface area contributed by atoms with E-state index in [0.29, 0.717) is 12.1 Å². The lowest BCUT2D eigenvalue weighted by Crippen LogP contribution is -2.53. The van der Waals surface area contributed by atoms with Gasteiger partial charge < -0.3 is 21.3 Å². The molecule has 4 nitrogen and oxygen atoms in total. The molecule has 1 saturated carbocycles. The summed E-state index contributed by atoms with van der Waals surface area (Å²) in [6.45, 7) is 6.53. The largest absolute Gasteiger partial charge is 0.314 e. The Morgan fingerprint density at radius 1 is 0.562 bits per heavy atom. The molecule has 2 atom stereocenters. The van der Waals surface area contributed by atoms with Crippen LogP contribution in [0.15, 0.2) is 0 Å². The van der Waals surface area contributed by atoms with Crippen LogP contribution in [0.4, 0.5) is 0 Å². The third-order valence-electron chi connectivity index (χ3n) is 3.66. The van der Waals surface area contributed by atoms with Crippen LogP contribution in [0.1, 0.15) is 25.7 Å². The summed E-state index contributed by atoms with van der Waals surface area (Å²) < 4.78 is 0. The van der Waals surface area contributed by atoms with Gasteiger partial charge in [0.15, 0.2) is 0 Å². The molecule has 0 amide bonds. The predicted octanol–water partition coefficient (Wildman–Crippen LogP) is -0.330. The van der Waals surface area contributed by atoms with Crippen molar-refractivity contribution in [3.8, 4) is 0 Å². The molecule has 2 fully saturated rings. The second kappa shape index (κ2) is 7.22. The molecule has 16 heavy (non-hydrogen) atoms. The van der Waals surface area contributed by atoms with Gasteiger partial charge in [-0.25, -0.2) is 0 Å². The number of hydrogen-bond acceptors (Lipinski definition) is 4. The van der Waals surface area contributed by atoms with E-state index in [1.54, 1.807) is 0 Å². The van der Waals surface area contributed by atoms with Gasteiger partial charge in [0.25, 0.3) is 0 Å². The molecule has 2 rings (SSSR count). The van der Waals surface area contributed by atoms with Crippen molar-refractivity contribution in [3.63, 3.8) is 0 Å². The van der Waals surface area contributed by atoms with Crippen LogP contribution in [0.2, 0.25) is 0 Å². The van der Waals surface area contributed by atoms with Crippen LogP contribution >= 0.6 is 0 Å². The highest BCUT2D eigenvalue weighted by molar-refractivity contribution is 4.86. The molecule has 4 N–H and O–H groups in total. The Bertz CT molecular complexity index is 166. The van der Waals surface area contributed by atoms with Crippen molar-refractivity contribution in [1.29, 1.82) is 0 Å². The summed E-state index contributed by atoms with van der Waals surface area (Å²) in [5, 5.41) is 14.3. The van der Waals surface area contributed by atoms with Crippen LogP contribution in [0, 0.1) is 0 Å². The molecule has 1 aliphatic heterocycles. The second-order valence-corrected chi connectivity index (χ2v) is 4.91. The lowest BCUT2D eigenvalue weighted by Gasteiger charge is -2.33. The lowest BCUT2D eigenvalue weighted by atomic mass is 9.90. The standard InChI is InChI=1S/C12H26N4/c1-2-4-12-11(3-1)15-9-7-13-5-6-14-8-10-16-12/h11-16H,1-10H2/t11-,12-/m1/s1. The highest BCUT2D eigenvalue weighted by atomic mass is 15.1. The Morgan fingerprint density at radius 2 is 1.00 bits per heavy atom. The fraction of sp³-hybridized carbons (Fsp3) is 1.00. The number of rotatable bonds is 0. The summed E-state index contributed by atoms with van der Waals surface area (Å²) in [5.74, 6) is 0. The molecule has 0 radical (unpaired) electrons. The maximum atomic E-state index is 3.69. The van der Waals surface area contributed by atoms with Gasteiger partial charge in [-0.3, -0.25) is 0 Å². The van der Waals surface area contributed by atoms with E-state index in [4.69, 9.17) is 0 Å². The minimum absolute atomic E-state index is 0.690. The SMILES string of the molecule is C1CC[C@H]2NCCNCCNCCN[C@@H]2C1. The van der Waals surface area contributed by atoms with Crippen molar-refractivity contribution in [2.75, 3.05) is 39.3 Å². The molecular formula is C12H26N4. The first kappa shape index (κ1) is 12.3. The Kier molecular flexibility index (Phi) is 5.55. The molecule has 94 valence electrons. The monoisotopic (exact) mass is 226 g/mol. The minimum atomic E-state index is 0.690. The smallest absolute Gasteiger partial charge is 0.0221 e. The summed E-state index contributed by atoms with van der Waals surface area (Å²) in [6, 6.07) is 1.38. The van der Waals surface area contributed by atoms with Crippen molar-refractivity contribution in [1.82, 2.24) is 21.3 Å². The van der Waals surface area contributed by atoms with Gasteiger partial charge in [0.2, 0.25) is 0 Å². The van der Waals surface area contributed by atoms with Crippen LogP contribution < -0.4 is 21.3 Å². The molecule has 1 saturated heterocycles. The molecule has 0 aromatic carbocycles. The van der Waals surface area contributed by atoms with E-state index in [0.717, 1.165) is 39.3 Å². The van der Waals surface area contributed by atoms with Gasteiger partial charge in [0.05, 0.1) is 0 Å². The van der Waals surface area contributed by atoms with E-state index < -0.39 is 0 Å². The number of fused-ring (bicyclic) bond motifs is 1. The Morgan fingerprint density at radius 3 is 1.50 bits per heavy atom. The number of nitrogens with one attached hydrogen (secondary N) is 4. The van der Waals surface area contributed by atoms with Gasteiger partial charge in [-0.1, -0.05) is 12.8 Å². The summed E-state index contributed by atoms with van der Waals surface area (Å²) in [5.41, 5.74) is 0. The van der Waals surface area contributed by atoms with Crippen molar-refractivity contribution < 1.29 is 0 Å². The molecule has 2 aliphatic rings. The average Bonchev–Trinajstić information content (AvgIpc) is 2.30. The van der Waals surface area contributed by atoms with E-state index in [1.807, 2.05) is 0 Å². The van der Waals surface area contributed by atoms with Crippen LogP contribution in [-0.2, 0) is 0 Å². The zero-order valence-electron chi connectivity index (χ0n) is 10.2. The number of hydrogen-bond donors (Lipinski definition) is 4. The van der Waals surface area contributed by atoms with E-state index in [-0.39, 0.29) is 0 Å². The van der Waals surface area contributed by atoms with E-state index >= 15 is 0 Å². The molecule has 1 aliphatic carbocycles. The van der Waals surface area contributed by atoms with Crippen molar-refractivity contribution >= 4 is 0 Å². The van der Waals surface area contributed by atoms with E-state index in [2.05, 4.69) is 21.3 Å². The predicted molar refractivity (Wildman–Crippen MR) is 67.8 cm³/mol. The van der Waals surface area contributed by atoms with Crippen molar-refractivity contribution in [2.45, 2.75) is 37.8 Å². The highest BCUT2D eigenvalue weighted by Crippen LogP contribution is 2.18.